The summed E-state index contributed by atoms with van der Waals surface area (Å²) in [4.78, 5) is 15.7. The molecular formula is C17H17F3N2O3. The van der Waals surface area contributed by atoms with Crippen LogP contribution in [0.4, 0.5) is 18.9 Å². The monoisotopic (exact) mass is 354 g/mol. The summed E-state index contributed by atoms with van der Waals surface area (Å²) in [5.41, 5.74) is 1.39. The molecule has 1 aromatic carbocycles. The quantitative estimate of drug-likeness (QED) is 0.737. The zero-order chi connectivity index (χ0) is 18.1. The Balaban J connectivity index is 1.77. The average molecular weight is 354 g/mol. The van der Waals surface area contributed by atoms with E-state index in [4.69, 9.17) is 4.74 Å². The number of hydrogen-bond acceptors (Lipinski definition) is 4. The van der Waals surface area contributed by atoms with Crippen molar-refractivity contribution in [2.24, 2.45) is 0 Å². The number of rotatable bonds is 8. The first kappa shape index (κ1) is 18.7. The first-order chi connectivity index (χ1) is 11.9. The third-order valence-corrected chi connectivity index (χ3v) is 2.99. The topological polar surface area (TPSA) is 60.5 Å². The number of carbonyl (C=O) groups excluding carboxylic acids is 1. The second-order valence-corrected chi connectivity index (χ2v) is 5.14. The minimum atomic E-state index is -4.39. The molecule has 2 rings (SSSR count). The molecule has 0 aliphatic heterocycles. The number of pyridine rings is 1. The molecule has 0 unspecified atom stereocenters. The fourth-order valence-electron chi connectivity index (χ4n) is 1.89. The van der Waals surface area contributed by atoms with Crippen molar-refractivity contribution in [3.05, 3.63) is 54.4 Å². The van der Waals surface area contributed by atoms with Gasteiger partial charge in [-0.2, -0.15) is 13.2 Å². The lowest BCUT2D eigenvalue weighted by molar-refractivity contribution is -0.174. The van der Waals surface area contributed by atoms with Crippen molar-refractivity contribution < 1.29 is 27.4 Å². The molecule has 0 radical (unpaired) electrons. The Labute approximate surface area is 142 Å². The maximum Gasteiger partial charge on any atom is 0.411 e. The number of nitrogens with zero attached hydrogens (tertiary/aromatic N) is 1. The number of anilines is 1. The molecule has 1 amide bonds. The van der Waals surface area contributed by atoms with Gasteiger partial charge in [-0.3, -0.25) is 9.78 Å². The van der Waals surface area contributed by atoms with Gasteiger partial charge in [0, 0.05) is 29.7 Å². The number of hydrogen-bond donors (Lipinski definition) is 1. The summed E-state index contributed by atoms with van der Waals surface area (Å²) in [7, 11) is 0. The highest BCUT2D eigenvalue weighted by molar-refractivity contribution is 5.90. The van der Waals surface area contributed by atoms with Crippen molar-refractivity contribution in [2.45, 2.75) is 19.2 Å². The van der Waals surface area contributed by atoms with Crippen LogP contribution < -0.4 is 10.1 Å². The minimum Gasteiger partial charge on any atom is -0.489 e. The SMILES string of the molecule is O=C(CCOCC(F)(F)F)Nc1cccc(OCc2cccnc2)c1. The lowest BCUT2D eigenvalue weighted by Gasteiger charge is -2.10. The highest BCUT2D eigenvalue weighted by atomic mass is 19.4. The van der Waals surface area contributed by atoms with Crippen LogP contribution in [-0.4, -0.2) is 30.3 Å². The third kappa shape index (κ3) is 7.67. The predicted molar refractivity (Wildman–Crippen MR) is 85.1 cm³/mol. The molecule has 1 heterocycles. The molecule has 0 spiro atoms. The van der Waals surface area contributed by atoms with E-state index in [2.05, 4.69) is 15.0 Å². The van der Waals surface area contributed by atoms with Gasteiger partial charge in [0.1, 0.15) is 19.0 Å². The third-order valence-electron chi connectivity index (χ3n) is 2.99. The van der Waals surface area contributed by atoms with E-state index >= 15 is 0 Å². The van der Waals surface area contributed by atoms with E-state index in [1.807, 2.05) is 6.07 Å². The number of carbonyl (C=O) groups is 1. The summed E-state index contributed by atoms with van der Waals surface area (Å²) in [5.74, 6) is 0.113. The highest BCUT2D eigenvalue weighted by Gasteiger charge is 2.27. The lowest BCUT2D eigenvalue weighted by atomic mass is 10.2. The Bertz CT molecular complexity index is 678. The fraction of sp³-hybridized carbons (Fsp3) is 0.294. The molecule has 8 heteroatoms. The minimum absolute atomic E-state index is 0.170. The Hall–Kier alpha value is -2.61. The van der Waals surface area contributed by atoms with Crippen LogP contribution in [0.1, 0.15) is 12.0 Å². The standard InChI is InChI=1S/C17H17F3N2O3/c18-17(19,20)12-24-8-6-16(23)22-14-4-1-5-15(9-14)25-11-13-3-2-7-21-10-13/h1-5,7,9-10H,6,8,11-12H2,(H,22,23). The van der Waals surface area contributed by atoms with E-state index in [1.165, 1.54) is 0 Å². The van der Waals surface area contributed by atoms with Crippen LogP contribution >= 0.6 is 0 Å². The second-order valence-electron chi connectivity index (χ2n) is 5.14. The van der Waals surface area contributed by atoms with Crippen LogP contribution in [-0.2, 0) is 16.1 Å². The van der Waals surface area contributed by atoms with Gasteiger partial charge < -0.3 is 14.8 Å². The van der Waals surface area contributed by atoms with Gasteiger partial charge in [0.2, 0.25) is 5.91 Å². The number of halogens is 3. The van der Waals surface area contributed by atoms with E-state index in [0.29, 0.717) is 18.0 Å². The van der Waals surface area contributed by atoms with Gasteiger partial charge in [0.25, 0.3) is 0 Å². The zero-order valence-electron chi connectivity index (χ0n) is 13.3. The number of amides is 1. The van der Waals surface area contributed by atoms with E-state index < -0.39 is 18.7 Å². The summed E-state index contributed by atoms with van der Waals surface area (Å²) >= 11 is 0. The molecule has 0 saturated heterocycles. The maximum atomic E-state index is 11.9. The van der Waals surface area contributed by atoms with Crippen LogP contribution in [0.5, 0.6) is 5.75 Å². The highest BCUT2D eigenvalue weighted by Crippen LogP contribution is 2.19. The van der Waals surface area contributed by atoms with Crippen LogP contribution in [0.25, 0.3) is 0 Å². The van der Waals surface area contributed by atoms with E-state index in [0.717, 1.165) is 5.56 Å². The normalized spacial score (nSPS) is 11.2. The Morgan fingerprint density at radius 2 is 2.04 bits per heavy atom. The first-order valence-electron chi connectivity index (χ1n) is 7.48. The summed E-state index contributed by atoms with van der Waals surface area (Å²) in [6, 6.07) is 10.4. The average Bonchev–Trinajstić information content (AvgIpc) is 2.57. The summed E-state index contributed by atoms with van der Waals surface area (Å²) < 4.78 is 45.8. The Kier molecular flexibility index (Phi) is 6.76. The molecule has 1 aromatic heterocycles. The molecule has 0 aliphatic rings. The molecule has 25 heavy (non-hydrogen) atoms. The lowest BCUT2D eigenvalue weighted by Crippen LogP contribution is -2.20. The fourth-order valence-corrected chi connectivity index (χ4v) is 1.89. The number of benzene rings is 1. The molecule has 0 bridgehead atoms. The van der Waals surface area contributed by atoms with Crippen molar-refractivity contribution in [2.75, 3.05) is 18.5 Å². The number of ether oxygens (including phenoxy) is 2. The predicted octanol–water partition coefficient (Wildman–Crippen LogP) is 3.57. The molecule has 0 fully saturated rings. The van der Waals surface area contributed by atoms with E-state index in [9.17, 15) is 18.0 Å². The molecule has 5 nitrogen and oxygen atoms in total. The Morgan fingerprint density at radius 3 is 2.76 bits per heavy atom. The van der Waals surface area contributed by atoms with Gasteiger partial charge in [-0.15, -0.1) is 0 Å². The zero-order valence-corrected chi connectivity index (χ0v) is 13.3. The van der Waals surface area contributed by atoms with Crippen molar-refractivity contribution in [3.63, 3.8) is 0 Å². The summed E-state index contributed by atoms with van der Waals surface area (Å²) in [6.45, 7) is -1.34. The van der Waals surface area contributed by atoms with E-state index in [1.54, 1.807) is 42.7 Å². The van der Waals surface area contributed by atoms with Gasteiger partial charge in [-0.05, 0) is 18.2 Å². The van der Waals surface area contributed by atoms with Crippen molar-refractivity contribution >= 4 is 11.6 Å². The smallest absolute Gasteiger partial charge is 0.411 e. The van der Waals surface area contributed by atoms with Crippen LogP contribution in [0.15, 0.2) is 48.8 Å². The van der Waals surface area contributed by atoms with Gasteiger partial charge in [0.15, 0.2) is 0 Å². The van der Waals surface area contributed by atoms with Gasteiger partial charge in [-0.1, -0.05) is 12.1 Å². The second kappa shape index (κ2) is 9.03. The molecule has 0 saturated carbocycles. The molecular weight excluding hydrogens is 337 g/mol. The van der Waals surface area contributed by atoms with Crippen molar-refractivity contribution in [1.82, 2.24) is 4.98 Å². The molecule has 1 N–H and O–H groups in total. The largest absolute Gasteiger partial charge is 0.489 e. The van der Waals surface area contributed by atoms with Crippen LogP contribution in [0, 0.1) is 0 Å². The summed E-state index contributed by atoms with van der Waals surface area (Å²) in [6.07, 6.45) is -1.21. The van der Waals surface area contributed by atoms with E-state index in [-0.39, 0.29) is 13.0 Å². The number of alkyl halides is 3. The maximum absolute atomic E-state index is 11.9. The molecule has 2 aromatic rings. The molecule has 0 aliphatic carbocycles. The van der Waals surface area contributed by atoms with Crippen molar-refractivity contribution in [1.29, 1.82) is 0 Å². The Morgan fingerprint density at radius 1 is 1.20 bits per heavy atom. The van der Waals surface area contributed by atoms with Crippen LogP contribution in [0.3, 0.4) is 0 Å². The van der Waals surface area contributed by atoms with Gasteiger partial charge >= 0.3 is 6.18 Å². The van der Waals surface area contributed by atoms with Gasteiger partial charge in [0.05, 0.1) is 13.0 Å². The number of nitrogens with one attached hydrogen (secondary N) is 1. The molecule has 0 atom stereocenters. The van der Waals surface area contributed by atoms with Crippen molar-refractivity contribution in [3.8, 4) is 5.75 Å². The first-order valence-corrected chi connectivity index (χ1v) is 7.48. The van der Waals surface area contributed by atoms with Crippen LogP contribution in [0.2, 0.25) is 0 Å². The molecule has 134 valence electrons. The summed E-state index contributed by atoms with van der Waals surface area (Å²) in [5, 5.41) is 2.59. The number of aromatic nitrogens is 1. The van der Waals surface area contributed by atoms with Gasteiger partial charge in [-0.25, -0.2) is 0 Å².